The fourth-order valence-electron chi connectivity index (χ4n) is 1.59. The van der Waals surface area contributed by atoms with E-state index in [2.05, 4.69) is 0 Å². The van der Waals surface area contributed by atoms with E-state index in [0.717, 1.165) is 0 Å². The SMILES string of the molecule is CCOC(=O)c1cccc(N2C(=O)CSC2=S)c1. The van der Waals surface area contributed by atoms with Crippen molar-refractivity contribution in [1.82, 2.24) is 0 Å². The molecule has 0 unspecified atom stereocenters. The van der Waals surface area contributed by atoms with Gasteiger partial charge in [0.25, 0.3) is 0 Å². The van der Waals surface area contributed by atoms with Crippen LogP contribution in [0.25, 0.3) is 0 Å². The predicted molar refractivity (Wildman–Crippen MR) is 74.9 cm³/mol. The molecule has 18 heavy (non-hydrogen) atoms. The Kier molecular flexibility index (Phi) is 3.98. The normalized spacial score (nSPS) is 15.1. The quantitative estimate of drug-likeness (QED) is 0.628. The van der Waals surface area contributed by atoms with Crippen molar-refractivity contribution < 1.29 is 14.3 Å². The minimum atomic E-state index is -0.399. The maximum Gasteiger partial charge on any atom is 0.338 e. The van der Waals surface area contributed by atoms with Crippen molar-refractivity contribution in [3.8, 4) is 0 Å². The van der Waals surface area contributed by atoms with E-state index < -0.39 is 5.97 Å². The van der Waals surface area contributed by atoms with Crippen molar-refractivity contribution in [3.63, 3.8) is 0 Å². The molecule has 1 heterocycles. The summed E-state index contributed by atoms with van der Waals surface area (Å²) in [6.45, 7) is 2.07. The molecule has 0 bridgehead atoms. The van der Waals surface area contributed by atoms with E-state index >= 15 is 0 Å². The summed E-state index contributed by atoms with van der Waals surface area (Å²) in [6.07, 6.45) is 0. The van der Waals surface area contributed by atoms with E-state index in [0.29, 0.717) is 27.9 Å². The molecule has 1 aliphatic rings. The largest absolute Gasteiger partial charge is 0.462 e. The van der Waals surface area contributed by atoms with Crippen molar-refractivity contribution in [2.45, 2.75) is 6.92 Å². The van der Waals surface area contributed by atoms with Crippen LogP contribution in [0, 0.1) is 0 Å². The second kappa shape index (κ2) is 5.49. The minimum Gasteiger partial charge on any atom is -0.462 e. The third-order valence-corrected chi connectivity index (χ3v) is 3.72. The number of thioether (sulfide) groups is 1. The predicted octanol–water partition coefficient (Wildman–Crippen LogP) is 2.23. The molecular formula is C12H11NO3S2. The smallest absolute Gasteiger partial charge is 0.338 e. The Labute approximate surface area is 114 Å². The highest BCUT2D eigenvalue weighted by molar-refractivity contribution is 8.24. The Morgan fingerprint density at radius 1 is 1.56 bits per heavy atom. The molecule has 0 aromatic heterocycles. The Bertz CT molecular complexity index is 500. The van der Waals surface area contributed by atoms with Crippen molar-refractivity contribution >= 4 is 45.9 Å². The topological polar surface area (TPSA) is 46.6 Å². The molecule has 1 aromatic carbocycles. The van der Waals surface area contributed by atoms with Gasteiger partial charge < -0.3 is 4.74 Å². The summed E-state index contributed by atoms with van der Waals surface area (Å²) in [4.78, 5) is 24.8. The molecule has 1 aliphatic heterocycles. The molecule has 4 nitrogen and oxygen atoms in total. The van der Waals surface area contributed by atoms with Crippen LogP contribution in [0.4, 0.5) is 5.69 Å². The van der Waals surface area contributed by atoms with E-state index in [1.807, 2.05) is 0 Å². The molecule has 0 radical (unpaired) electrons. The zero-order valence-electron chi connectivity index (χ0n) is 9.71. The van der Waals surface area contributed by atoms with Gasteiger partial charge in [-0.05, 0) is 25.1 Å². The number of amides is 1. The third kappa shape index (κ3) is 2.54. The Balaban J connectivity index is 2.29. The van der Waals surface area contributed by atoms with Gasteiger partial charge in [0.1, 0.15) is 4.32 Å². The fourth-order valence-corrected chi connectivity index (χ4v) is 2.69. The number of ether oxygens (including phenoxy) is 1. The second-order valence-corrected chi connectivity index (χ2v) is 5.16. The second-order valence-electron chi connectivity index (χ2n) is 3.55. The van der Waals surface area contributed by atoms with Crippen LogP contribution in [0.5, 0.6) is 0 Å². The Morgan fingerprint density at radius 2 is 2.33 bits per heavy atom. The summed E-state index contributed by atoms with van der Waals surface area (Å²) in [5, 5.41) is 0. The summed E-state index contributed by atoms with van der Waals surface area (Å²) in [5.41, 5.74) is 1.03. The van der Waals surface area contributed by atoms with Gasteiger partial charge in [0, 0.05) is 0 Å². The molecule has 0 N–H and O–H groups in total. The highest BCUT2D eigenvalue weighted by Crippen LogP contribution is 2.27. The maximum absolute atomic E-state index is 11.7. The molecule has 1 amide bonds. The van der Waals surface area contributed by atoms with Crippen molar-refractivity contribution in [2.24, 2.45) is 0 Å². The van der Waals surface area contributed by atoms with E-state index in [1.165, 1.54) is 16.7 Å². The number of esters is 1. The minimum absolute atomic E-state index is 0.0639. The van der Waals surface area contributed by atoms with Gasteiger partial charge in [-0.2, -0.15) is 0 Å². The van der Waals surface area contributed by atoms with E-state index in [4.69, 9.17) is 17.0 Å². The number of benzene rings is 1. The molecule has 2 rings (SSSR count). The molecule has 1 aromatic rings. The fraction of sp³-hybridized carbons (Fsp3) is 0.250. The van der Waals surface area contributed by atoms with Gasteiger partial charge in [0.05, 0.1) is 23.6 Å². The molecule has 0 saturated carbocycles. The van der Waals surface area contributed by atoms with E-state index in [9.17, 15) is 9.59 Å². The molecule has 0 atom stereocenters. The van der Waals surface area contributed by atoms with Gasteiger partial charge in [0.2, 0.25) is 5.91 Å². The average Bonchev–Trinajstić information content (AvgIpc) is 2.69. The van der Waals surface area contributed by atoms with Gasteiger partial charge in [-0.3, -0.25) is 9.69 Å². The maximum atomic E-state index is 11.7. The van der Waals surface area contributed by atoms with E-state index in [1.54, 1.807) is 31.2 Å². The number of carbonyl (C=O) groups is 2. The van der Waals surface area contributed by atoms with Gasteiger partial charge in [0.15, 0.2) is 0 Å². The molecule has 0 spiro atoms. The van der Waals surface area contributed by atoms with Crippen molar-refractivity contribution in [3.05, 3.63) is 29.8 Å². The number of carbonyl (C=O) groups excluding carboxylic acids is 2. The van der Waals surface area contributed by atoms with Crippen LogP contribution in [-0.2, 0) is 9.53 Å². The first-order valence-electron chi connectivity index (χ1n) is 5.40. The zero-order valence-corrected chi connectivity index (χ0v) is 11.3. The Hall–Kier alpha value is -1.40. The lowest BCUT2D eigenvalue weighted by atomic mass is 10.2. The van der Waals surface area contributed by atoms with Crippen LogP contribution < -0.4 is 4.90 Å². The lowest BCUT2D eigenvalue weighted by molar-refractivity contribution is -0.115. The van der Waals surface area contributed by atoms with Crippen LogP contribution in [0.1, 0.15) is 17.3 Å². The lowest BCUT2D eigenvalue weighted by Gasteiger charge is -2.15. The highest BCUT2D eigenvalue weighted by atomic mass is 32.2. The van der Waals surface area contributed by atoms with Crippen LogP contribution >= 0.6 is 24.0 Å². The monoisotopic (exact) mass is 281 g/mol. The number of anilines is 1. The van der Waals surface area contributed by atoms with Gasteiger partial charge in [-0.1, -0.05) is 30.0 Å². The lowest BCUT2D eigenvalue weighted by Crippen LogP contribution is -2.28. The zero-order chi connectivity index (χ0) is 13.1. The summed E-state index contributed by atoms with van der Waals surface area (Å²) < 4.78 is 5.43. The number of rotatable bonds is 3. The highest BCUT2D eigenvalue weighted by Gasteiger charge is 2.28. The van der Waals surface area contributed by atoms with Crippen molar-refractivity contribution in [1.29, 1.82) is 0 Å². The molecule has 94 valence electrons. The standard InChI is InChI=1S/C12H11NO3S2/c1-2-16-11(15)8-4-3-5-9(6-8)13-10(14)7-18-12(13)17/h3-6H,2,7H2,1H3. The average molecular weight is 281 g/mol. The van der Waals surface area contributed by atoms with Crippen LogP contribution in [0.2, 0.25) is 0 Å². The van der Waals surface area contributed by atoms with Crippen LogP contribution in [0.3, 0.4) is 0 Å². The molecule has 1 saturated heterocycles. The first kappa shape index (κ1) is 13.0. The van der Waals surface area contributed by atoms with Crippen molar-refractivity contribution in [2.75, 3.05) is 17.3 Å². The number of hydrogen-bond donors (Lipinski definition) is 0. The summed E-state index contributed by atoms with van der Waals surface area (Å²) in [7, 11) is 0. The third-order valence-electron chi connectivity index (χ3n) is 2.37. The van der Waals surface area contributed by atoms with Crippen LogP contribution in [-0.4, -0.2) is 28.6 Å². The first-order valence-corrected chi connectivity index (χ1v) is 6.79. The molecule has 6 heteroatoms. The Morgan fingerprint density at radius 3 is 2.94 bits per heavy atom. The number of nitrogens with zero attached hydrogens (tertiary/aromatic N) is 1. The van der Waals surface area contributed by atoms with Gasteiger partial charge in [-0.15, -0.1) is 0 Å². The molecule has 0 aliphatic carbocycles. The molecule has 1 fully saturated rings. The number of thiocarbonyl (C=S) groups is 1. The summed E-state index contributed by atoms with van der Waals surface area (Å²) in [6, 6.07) is 6.73. The summed E-state index contributed by atoms with van der Waals surface area (Å²) >= 11 is 6.44. The molecular weight excluding hydrogens is 270 g/mol. The van der Waals surface area contributed by atoms with Gasteiger partial charge >= 0.3 is 5.97 Å². The first-order chi connectivity index (χ1) is 8.63. The van der Waals surface area contributed by atoms with Crippen LogP contribution in [0.15, 0.2) is 24.3 Å². The number of hydrogen-bond acceptors (Lipinski definition) is 5. The van der Waals surface area contributed by atoms with E-state index in [-0.39, 0.29) is 5.91 Å². The van der Waals surface area contributed by atoms with Gasteiger partial charge in [-0.25, -0.2) is 4.79 Å². The summed E-state index contributed by atoms with van der Waals surface area (Å²) in [5.74, 6) is -0.113.